The first kappa shape index (κ1) is 18.0. The molecule has 0 spiro atoms. The Hall–Kier alpha value is -2.83. The van der Waals surface area contributed by atoms with Gasteiger partial charge in [0.05, 0.1) is 25.5 Å². The van der Waals surface area contributed by atoms with E-state index in [0.29, 0.717) is 28.9 Å². The van der Waals surface area contributed by atoms with E-state index in [2.05, 4.69) is 22.2 Å². The molecule has 0 unspecified atom stereocenters. The molecule has 7 heteroatoms. The number of hydrogen-bond donors (Lipinski definition) is 1. The lowest BCUT2D eigenvalue weighted by atomic mass is 9.99. The minimum atomic E-state index is -0.00882. The normalized spacial score (nSPS) is 14.8. The van der Waals surface area contributed by atoms with Crippen LogP contribution in [0.5, 0.6) is 11.5 Å². The minimum absolute atomic E-state index is 0.00882. The molecule has 0 saturated carbocycles. The van der Waals surface area contributed by atoms with E-state index >= 15 is 0 Å². The Morgan fingerprint density at radius 3 is 2.46 bits per heavy atom. The van der Waals surface area contributed by atoms with Crippen LogP contribution in [0.2, 0.25) is 0 Å². The van der Waals surface area contributed by atoms with Gasteiger partial charge in [-0.25, -0.2) is 9.97 Å². The van der Waals surface area contributed by atoms with Crippen molar-refractivity contribution in [3.63, 3.8) is 0 Å². The van der Waals surface area contributed by atoms with Crippen LogP contribution >= 0.6 is 0 Å². The maximum atomic E-state index is 12.5. The summed E-state index contributed by atoms with van der Waals surface area (Å²) in [5, 5.41) is 3.10. The van der Waals surface area contributed by atoms with Crippen LogP contribution in [0.1, 0.15) is 30.1 Å². The summed E-state index contributed by atoms with van der Waals surface area (Å²) >= 11 is 0. The van der Waals surface area contributed by atoms with Gasteiger partial charge < -0.3 is 19.7 Å². The average molecular weight is 356 g/mol. The first-order valence-electron chi connectivity index (χ1n) is 8.71. The molecular formula is C19H24N4O3. The number of hydrogen-bond acceptors (Lipinski definition) is 6. The zero-order valence-electron chi connectivity index (χ0n) is 15.4. The number of nitrogens with zero attached hydrogens (tertiary/aromatic N) is 3. The number of methoxy groups -OCH3 is 2. The second kappa shape index (κ2) is 8.03. The first-order valence-corrected chi connectivity index (χ1v) is 8.71. The molecule has 138 valence electrons. The maximum absolute atomic E-state index is 12.5. The lowest BCUT2D eigenvalue weighted by molar-refractivity contribution is 0.0696. The summed E-state index contributed by atoms with van der Waals surface area (Å²) in [5.41, 5.74) is 1.23. The van der Waals surface area contributed by atoms with Gasteiger partial charge in [-0.1, -0.05) is 6.92 Å². The summed E-state index contributed by atoms with van der Waals surface area (Å²) in [5.74, 6) is 2.39. The second-order valence-electron chi connectivity index (χ2n) is 6.46. The van der Waals surface area contributed by atoms with E-state index in [1.165, 1.54) is 0 Å². The molecule has 1 aliphatic rings. The van der Waals surface area contributed by atoms with Crippen molar-refractivity contribution in [3.05, 3.63) is 36.2 Å². The third kappa shape index (κ3) is 4.04. The number of likely N-dealkylation sites (tertiary alicyclic amines) is 1. The van der Waals surface area contributed by atoms with Crippen molar-refractivity contribution in [2.75, 3.05) is 32.6 Å². The molecule has 1 N–H and O–H groups in total. The van der Waals surface area contributed by atoms with Crippen LogP contribution in [-0.4, -0.2) is 48.1 Å². The Bertz CT molecular complexity index is 756. The van der Waals surface area contributed by atoms with Gasteiger partial charge in [0.15, 0.2) is 0 Å². The van der Waals surface area contributed by atoms with E-state index in [4.69, 9.17) is 9.47 Å². The number of aromatic nitrogens is 2. The molecule has 2 aromatic rings. The third-order valence-corrected chi connectivity index (χ3v) is 4.62. The molecule has 1 saturated heterocycles. The zero-order valence-corrected chi connectivity index (χ0v) is 15.4. The summed E-state index contributed by atoms with van der Waals surface area (Å²) in [6.07, 6.45) is 5.21. The van der Waals surface area contributed by atoms with E-state index in [1.54, 1.807) is 32.7 Å². The van der Waals surface area contributed by atoms with Gasteiger partial charge in [-0.15, -0.1) is 0 Å². The number of ether oxygens (including phenoxy) is 2. The smallest absolute Gasteiger partial charge is 0.256 e. The molecule has 1 aliphatic heterocycles. The lowest BCUT2D eigenvalue weighted by Crippen LogP contribution is -2.38. The molecule has 0 aliphatic carbocycles. The topological polar surface area (TPSA) is 76.6 Å². The average Bonchev–Trinajstić information content (AvgIpc) is 2.69. The summed E-state index contributed by atoms with van der Waals surface area (Å²) < 4.78 is 10.5. The molecular weight excluding hydrogens is 332 g/mol. The number of anilines is 2. The summed E-state index contributed by atoms with van der Waals surface area (Å²) in [6.45, 7) is 3.81. The van der Waals surface area contributed by atoms with Crippen molar-refractivity contribution < 1.29 is 14.3 Å². The third-order valence-electron chi connectivity index (χ3n) is 4.62. The van der Waals surface area contributed by atoms with Crippen LogP contribution in [0, 0.1) is 5.92 Å². The molecule has 7 nitrogen and oxygen atoms in total. The second-order valence-corrected chi connectivity index (χ2v) is 6.46. The number of rotatable bonds is 5. The highest BCUT2D eigenvalue weighted by molar-refractivity contribution is 5.93. The molecule has 0 radical (unpaired) electrons. The summed E-state index contributed by atoms with van der Waals surface area (Å²) in [4.78, 5) is 22.9. The predicted octanol–water partition coefficient (Wildman–Crippen LogP) is 3.11. The number of amides is 1. The van der Waals surface area contributed by atoms with Crippen LogP contribution < -0.4 is 14.8 Å². The molecule has 1 aromatic carbocycles. The lowest BCUT2D eigenvalue weighted by Gasteiger charge is -2.30. The van der Waals surface area contributed by atoms with Gasteiger partial charge in [0.25, 0.3) is 5.91 Å². The maximum Gasteiger partial charge on any atom is 0.256 e. The molecule has 2 heterocycles. The van der Waals surface area contributed by atoms with Crippen molar-refractivity contribution in [1.29, 1.82) is 0 Å². The number of piperidine rings is 1. The standard InChI is InChI=1S/C19H24N4O3/c1-13-6-8-23(9-7-13)18(24)14-11-20-19(21-12-14)22-16-5-4-15(25-2)10-17(16)26-3/h4-5,10-13H,6-9H2,1-3H3,(H,20,21,22). The van der Waals surface area contributed by atoms with Crippen molar-refractivity contribution >= 4 is 17.5 Å². The Kier molecular flexibility index (Phi) is 5.55. The van der Waals surface area contributed by atoms with Gasteiger partial charge in [0.1, 0.15) is 11.5 Å². The number of carbonyl (C=O) groups excluding carboxylic acids is 1. The van der Waals surface area contributed by atoms with Crippen LogP contribution in [0.3, 0.4) is 0 Å². The summed E-state index contributed by atoms with van der Waals surface area (Å²) in [6, 6.07) is 5.42. The zero-order chi connectivity index (χ0) is 18.5. The van der Waals surface area contributed by atoms with Gasteiger partial charge in [-0.3, -0.25) is 4.79 Å². The molecule has 1 amide bonds. The van der Waals surface area contributed by atoms with Gasteiger partial charge in [-0.05, 0) is 30.9 Å². The van der Waals surface area contributed by atoms with Gasteiger partial charge in [0.2, 0.25) is 5.95 Å². The molecule has 0 bridgehead atoms. The minimum Gasteiger partial charge on any atom is -0.497 e. The van der Waals surface area contributed by atoms with Crippen molar-refractivity contribution in [2.24, 2.45) is 5.92 Å². The Balaban J connectivity index is 1.69. The summed E-state index contributed by atoms with van der Waals surface area (Å²) in [7, 11) is 3.19. The van der Waals surface area contributed by atoms with E-state index in [-0.39, 0.29) is 5.91 Å². The van der Waals surface area contributed by atoms with E-state index < -0.39 is 0 Å². The molecule has 0 atom stereocenters. The number of carbonyl (C=O) groups is 1. The Labute approximate surface area is 153 Å². The molecule has 26 heavy (non-hydrogen) atoms. The highest BCUT2D eigenvalue weighted by Crippen LogP contribution is 2.30. The SMILES string of the molecule is COc1ccc(Nc2ncc(C(=O)N3CCC(C)CC3)cn2)c(OC)c1. The van der Waals surface area contributed by atoms with Crippen LogP contribution in [0.25, 0.3) is 0 Å². The number of benzene rings is 1. The quantitative estimate of drug-likeness (QED) is 0.887. The van der Waals surface area contributed by atoms with E-state index in [0.717, 1.165) is 31.6 Å². The highest BCUT2D eigenvalue weighted by atomic mass is 16.5. The van der Waals surface area contributed by atoms with E-state index in [1.807, 2.05) is 17.0 Å². The van der Waals surface area contributed by atoms with Crippen LogP contribution in [0.15, 0.2) is 30.6 Å². The monoisotopic (exact) mass is 356 g/mol. The van der Waals surface area contributed by atoms with Crippen molar-refractivity contribution in [3.8, 4) is 11.5 Å². The van der Waals surface area contributed by atoms with Crippen LogP contribution in [0.4, 0.5) is 11.6 Å². The van der Waals surface area contributed by atoms with Gasteiger partial charge >= 0.3 is 0 Å². The van der Waals surface area contributed by atoms with Gasteiger partial charge in [-0.2, -0.15) is 0 Å². The Morgan fingerprint density at radius 2 is 1.85 bits per heavy atom. The van der Waals surface area contributed by atoms with E-state index in [9.17, 15) is 4.79 Å². The van der Waals surface area contributed by atoms with Crippen molar-refractivity contribution in [2.45, 2.75) is 19.8 Å². The first-order chi connectivity index (χ1) is 12.6. The highest BCUT2D eigenvalue weighted by Gasteiger charge is 2.22. The molecule has 1 fully saturated rings. The van der Waals surface area contributed by atoms with Gasteiger partial charge in [0, 0.05) is 31.5 Å². The fraction of sp³-hybridized carbons (Fsp3) is 0.421. The molecule has 3 rings (SSSR count). The fourth-order valence-electron chi connectivity index (χ4n) is 2.92. The van der Waals surface area contributed by atoms with Crippen LogP contribution in [-0.2, 0) is 0 Å². The fourth-order valence-corrected chi connectivity index (χ4v) is 2.92. The van der Waals surface area contributed by atoms with Crippen molar-refractivity contribution in [1.82, 2.24) is 14.9 Å². The predicted molar refractivity (Wildman–Crippen MR) is 99.2 cm³/mol. The largest absolute Gasteiger partial charge is 0.497 e. The number of nitrogens with one attached hydrogen (secondary N) is 1. The molecule has 1 aromatic heterocycles. The Morgan fingerprint density at radius 1 is 1.15 bits per heavy atom.